The maximum atomic E-state index is 12.1. The zero-order valence-corrected chi connectivity index (χ0v) is 11.4. The summed E-state index contributed by atoms with van der Waals surface area (Å²) >= 11 is 0. The molecule has 0 atom stereocenters. The SMILES string of the molecule is CC(C)(C)S(=O)(=O)Cc1cccc(N)c1C(=O)O. The number of hydrogen-bond acceptors (Lipinski definition) is 4. The predicted molar refractivity (Wildman–Crippen MR) is 70.2 cm³/mol. The third-order valence-electron chi connectivity index (χ3n) is 2.68. The van der Waals surface area contributed by atoms with E-state index in [0.29, 0.717) is 0 Å². The lowest BCUT2D eigenvalue weighted by molar-refractivity contribution is 0.0697. The van der Waals surface area contributed by atoms with E-state index in [1.54, 1.807) is 26.8 Å². The Labute approximate surface area is 107 Å². The van der Waals surface area contributed by atoms with Crippen molar-refractivity contribution in [1.82, 2.24) is 0 Å². The van der Waals surface area contributed by atoms with E-state index in [-0.39, 0.29) is 22.6 Å². The second kappa shape index (κ2) is 4.61. The molecule has 1 aromatic rings. The molecule has 0 aliphatic heterocycles. The first-order valence-electron chi connectivity index (χ1n) is 5.39. The molecule has 0 amide bonds. The largest absolute Gasteiger partial charge is 0.478 e. The first-order chi connectivity index (χ1) is 8.06. The number of sulfone groups is 1. The Hall–Kier alpha value is -1.56. The number of hydrogen-bond donors (Lipinski definition) is 2. The molecule has 0 bridgehead atoms. The van der Waals surface area contributed by atoms with Crippen molar-refractivity contribution < 1.29 is 18.3 Å². The molecule has 5 nitrogen and oxygen atoms in total. The molecule has 100 valence electrons. The fourth-order valence-corrected chi connectivity index (χ4v) is 2.51. The third kappa shape index (κ3) is 2.81. The van der Waals surface area contributed by atoms with Gasteiger partial charge in [-0.3, -0.25) is 0 Å². The summed E-state index contributed by atoms with van der Waals surface area (Å²) in [6.45, 7) is 4.74. The molecule has 0 aliphatic carbocycles. The number of carbonyl (C=O) groups is 1. The second-order valence-corrected chi connectivity index (χ2v) is 7.80. The molecule has 0 saturated heterocycles. The van der Waals surface area contributed by atoms with Crippen LogP contribution in [0.4, 0.5) is 5.69 Å². The Morgan fingerprint density at radius 2 is 1.89 bits per heavy atom. The number of benzene rings is 1. The maximum Gasteiger partial charge on any atom is 0.338 e. The van der Waals surface area contributed by atoms with Crippen LogP contribution in [0.15, 0.2) is 18.2 Å². The van der Waals surface area contributed by atoms with E-state index in [4.69, 9.17) is 10.8 Å². The minimum Gasteiger partial charge on any atom is -0.478 e. The van der Waals surface area contributed by atoms with Crippen molar-refractivity contribution in [3.05, 3.63) is 29.3 Å². The zero-order chi connectivity index (χ0) is 14.1. The van der Waals surface area contributed by atoms with E-state index in [1.165, 1.54) is 12.1 Å². The van der Waals surface area contributed by atoms with E-state index in [0.717, 1.165) is 0 Å². The first-order valence-corrected chi connectivity index (χ1v) is 7.04. The fraction of sp³-hybridized carbons (Fsp3) is 0.417. The molecule has 0 aromatic heterocycles. The van der Waals surface area contributed by atoms with Gasteiger partial charge >= 0.3 is 5.97 Å². The van der Waals surface area contributed by atoms with Crippen molar-refractivity contribution in [2.45, 2.75) is 31.3 Å². The quantitative estimate of drug-likeness (QED) is 0.815. The molecule has 0 unspecified atom stereocenters. The lowest BCUT2D eigenvalue weighted by Crippen LogP contribution is -2.29. The van der Waals surface area contributed by atoms with Gasteiger partial charge in [-0.25, -0.2) is 13.2 Å². The van der Waals surface area contributed by atoms with Gasteiger partial charge < -0.3 is 10.8 Å². The van der Waals surface area contributed by atoms with Gasteiger partial charge in [-0.1, -0.05) is 12.1 Å². The highest BCUT2D eigenvalue weighted by Gasteiger charge is 2.30. The highest BCUT2D eigenvalue weighted by Crippen LogP contribution is 2.25. The highest BCUT2D eigenvalue weighted by molar-refractivity contribution is 7.91. The fourth-order valence-electron chi connectivity index (χ4n) is 1.42. The average Bonchev–Trinajstić information content (AvgIpc) is 2.14. The van der Waals surface area contributed by atoms with Crippen LogP contribution in [-0.2, 0) is 15.6 Å². The van der Waals surface area contributed by atoms with Crippen LogP contribution >= 0.6 is 0 Å². The van der Waals surface area contributed by atoms with Gasteiger partial charge in [0, 0.05) is 5.69 Å². The van der Waals surface area contributed by atoms with Crippen molar-refractivity contribution in [2.24, 2.45) is 0 Å². The van der Waals surface area contributed by atoms with Crippen LogP contribution in [0.5, 0.6) is 0 Å². The van der Waals surface area contributed by atoms with Gasteiger partial charge in [-0.15, -0.1) is 0 Å². The van der Waals surface area contributed by atoms with Gasteiger partial charge in [0.1, 0.15) is 0 Å². The van der Waals surface area contributed by atoms with Crippen LogP contribution in [0, 0.1) is 0 Å². The normalized spacial score (nSPS) is 12.4. The Morgan fingerprint density at radius 3 is 2.33 bits per heavy atom. The molecule has 0 spiro atoms. The smallest absolute Gasteiger partial charge is 0.338 e. The van der Waals surface area contributed by atoms with Gasteiger partial charge in [0.2, 0.25) is 0 Å². The highest BCUT2D eigenvalue weighted by atomic mass is 32.2. The number of rotatable bonds is 3. The second-order valence-electron chi connectivity index (χ2n) is 5.06. The van der Waals surface area contributed by atoms with E-state index in [2.05, 4.69) is 0 Å². The molecular weight excluding hydrogens is 254 g/mol. The molecule has 0 fully saturated rings. The third-order valence-corrected chi connectivity index (χ3v) is 5.23. The van der Waals surface area contributed by atoms with Gasteiger partial charge in [0.15, 0.2) is 9.84 Å². The summed E-state index contributed by atoms with van der Waals surface area (Å²) in [4.78, 5) is 11.1. The van der Waals surface area contributed by atoms with Gasteiger partial charge in [-0.05, 0) is 32.4 Å². The molecule has 6 heteroatoms. The number of carboxylic acids is 1. The Balaban J connectivity index is 3.30. The lowest BCUT2D eigenvalue weighted by Gasteiger charge is -2.20. The molecular formula is C12H17NO4S. The van der Waals surface area contributed by atoms with Crippen molar-refractivity contribution in [1.29, 1.82) is 0 Å². The summed E-state index contributed by atoms with van der Waals surface area (Å²) in [6, 6.07) is 4.47. The minimum atomic E-state index is -3.44. The van der Waals surface area contributed by atoms with E-state index in [9.17, 15) is 13.2 Å². The van der Waals surface area contributed by atoms with Crippen molar-refractivity contribution in [3.8, 4) is 0 Å². The number of nitrogens with two attached hydrogens (primary N) is 1. The predicted octanol–water partition coefficient (Wildman–Crippen LogP) is 1.68. The van der Waals surface area contributed by atoms with Crippen LogP contribution in [-0.4, -0.2) is 24.2 Å². The average molecular weight is 271 g/mol. The molecule has 1 rings (SSSR count). The minimum absolute atomic E-state index is 0.0732. The summed E-state index contributed by atoms with van der Waals surface area (Å²) in [5.74, 6) is -1.55. The Morgan fingerprint density at radius 1 is 1.33 bits per heavy atom. The van der Waals surface area contributed by atoms with Crippen LogP contribution in [0.3, 0.4) is 0 Å². The van der Waals surface area contributed by atoms with Crippen molar-refractivity contribution >= 4 is 21.5 Å². The molecule has 0 aliphatic rings. The topological polar surface area (TPSA) is 97.5 Å². The Bertz CT molecular complexity index is 570. The van der Waals surface area contributed by atoms with E-state index >= 15 is 0 Å². The molecule has 0 heterocycles. The summed E-state index contributed by atoms with van der Waals surface area (Å²) in [5.41, 5.74) is 5.73. The van der Waals surface area contributed by atoms with Crippen molar-refractivity contribution in [3.63, 3.8) is 0 Å². The van der Waals surface area contributed by atoms with Gasteiger partial charge in [0.25, 0.3) is 0 Å². The standard InChI is InChI=1S/C12H17NO4S/c1-12(2,3)18(16,17)7-8-5-4-6-9(13)10(8)11(14)15/h4-6H,7,13H2,1-3H3,(H,14,15). The van der Waals surface area contributed by atoms with Crippen molar-refractivity contribution in [2.75, 3.05) is 5.73 Å². The van der Waals surface area contributed by atoms with E-state index < -0.39 is 20.6 Å². The van der Waals surface area contributed by atoms with Gasteiger partial charge in [-0.2, -0.15) is 0 Å². The molecule has 0 saturated carbocycles. The lowest BCUT2D eigenvalue weighted by atomic mass is 10.1. The molecule has 1 aromatic carbocycles. The van der Waals surface area contributed by atoms with E-state index in [1.807, 2.05) is 0 Å². The maximum absolute atomic E-state index is 12.1. The summed E-state index contributed by atoms with van der Waals surface area (Å²) in [5, 5.41) is 9.07. The first kappa shape index (κ1) is 14.5. The van der Waals surface area contributed by atoms with Gasteiger partial charge in [0.05, 0.1) is 16.1 Å². The van der Waals surface area contributed by atoms with Crippen LogP contribution < -0.4 is 5.73 Å². The zero-order valence-electron chi connectivity index (χ0n) is 10.6. The van der Waals surface area contributed by atoms with Crippen LogP contribution in [0.25, 0.3) is 0 Å². The molecule has 3 N–H and O–H groups in total. The summed E-state index contributed by atoms with van der Waals surface area (Å²) in [6.07, 6.45) is 0. The Kier molecular flexibility index (Phi) is 3.71. The number of carboxylic acid groups (broad SMARTS) is 1. The molecule has 18 heavy (non-hydrogen) atoms. The van der Waals surface area contributed by atoms with Crippen LogP contribution in [0.1, 0.15) is 36.7 Å². The van der Waals surface area contributed by atoms with Crippen LogP contribution in [0.2, 0.25) is 0 Å². The molecule has 0 radical (unpaired) electrons. The summed E-state index contributed by atoms with van der Waals surface area (Å²) < 4.78 is 23.2. The number of anilines is 1. The monoisotopic (exact) mass is 271 g/mol. The summed E-state index contributed by atoms with van der Waals surface area (Å²) in [7, 11) is -3.44. The number of nitrogen functional groups attached to an aromatic ring is 1. The number of aromatic carboxylic acids is 1.